The average molecular weight is 287 g/mol. The van der Waals surface area contributed by atoms with E-state index in [1.165, 1.54) is 0 Å². The first-order chi connectivity index (χ1) is 9.72. The minimum Gasteiger partial charge on any atom is -0.486 e. The van der Waals surface area contributed by atoms with E-state index in [9.17, 15) is 0 Å². The normalized spacial score (nSPS) is 13.8. The number of benzene rings is 1. The van der Waals surface area contributed by atoms with Crippen LogP contribution < -0.4 is 15.2 Å². The van der Waals surface area contributed by atoms with Crippen LogP contribution in [0, 0.1) is 6.92 Å². The van der Waals surface area contributed by atoms with Crippen molar-refractivity contribution in [2.24, 2.45) is 0 Å². The smallest absolute Gasteiger partial charge is 0.163 e. The lowest BCUT2D eigenvalue weighted by molar-refractivity contribution is 0.172. The van der Waals surface area contributed by atoms with Gasteiger partial charge in [-0.3, -0.25) is 0 Å². The Morgan fingerprint density at radius 2 is 2.00 bits per heavy atom. The molecule has 102 valence electrons. The lowest BCUT2D eigenvalue weighted by Crippen LogP contribution is -2.15. The lowest BCUT2D eigenvalue weighted by atomic mass is 10.2. The molecule has 6 heteroatoms. The molecule has 5 nitrogen and oxygen atoms in total. The third-order valence-electron chi connectivity index (χ3n) is 3.38. The Bertz CT molecular complexity index is 763. The van der Waals surface area contributed by atoms with E-state index in [4.69, 9.17) is 15.2 Å². The van der Waals surface area contributed by atoms with E-state index < -0.39 is 0 Å². The molecule has 3 aromatic rings. The van der Waals surface area contributed by atoms with Crippen molar-refractivity contribution in [3.05, 3.63) is 23.1 Å². The number of imidazole rings is 1. The van der Waals surface area contributed by atoms with Crippen LogP contribution in [0.3, 0.4) is 0 Å². The van der Waals surface area contributed by atoms with Crippen molar-refractivity contribution >= 4 is 28.1 Å². The van der Waals surface area contributed by atoms with Crippen LogP contribution in [0.1, 0.15) is 5.56 Å². The zero-order valence-electron chi connectivity index (χ0n) is 10.9. The van der Waals surface area contributed by atoms with Crippen molar-refractivity contribution in [1.82, 2.24) is 9.97 Å². The van der Waals surface area contributed by atoms with Crippen molar-refractivity contribution in [2.45, 2.75) is 6.92 Å². The molecule has 1 aliphatic heterocycles. The fourth-order valence-electron chi connectivity index (χ4n) is 2.29. The third-order valence-corrected chi connectivity index (χ3v) is 4.50. The summed E-state index contributed by atoms with van der Waals surface area (Å²) in [5, 5.41) is 2.04. The molecular weight excluding hydrogens is 274 g/mol. The Hall–Kier alpha value is -2.21. The Morgan fingerprint density at radius 1 is 1.25 bits per heavy atom. The number of nitrogens with one attached hydrogen (secondary N) is 1. The zero-order chi connectivity index (χ0) is 13.7. The van der Waals surface area contributed by atoms with Crippen LogP contribution >= 0.6 is 11.3 Å². The molecular formula is C14H13N3O2S. The SMILES string of the molecule is Cc1csc(-c2nc3cc4c(cc3[nH]2)OCCO4)c1N. The van der Waals surface area contributed by atoms with Crippen molar-refractivity contribution in [1.29, 1.82) is 0 Å². The quantitative estimate of drug-likeness (QED) is 0.721. The van der Waals surface area contributed by atoms with E-state index in [0.29, 0.717) is 13.2 Å². The summed E-state index contributed by atoms with van der Waals surface area (Å²) in [6.45, 7) is 3.15. The first-order valence-corrected chi connectivity index (χ1v) is 7.23. The second-order valence-electron chi connectivity index (χ2n) is 4.76. The van der Waals surface area contributed by atoms with E-state index in [0.717, 1.165) is 44.5 Å². The van der Waals surface area contributed by atoms with E-state index in [-0.39, 0.29) is 0 Å². The number of nitrogens with two attached hydrogens (primary N) is 1. The van der Waals surface area contributed by atoms with E-state index >= 15 is 0 Å². The summed E-state index contributed by atoms with van der Waals surface area (Å²) in [5.74, 6) is 2.30. The second-order valence-corrected chi connectivity index (χ2v) is 5.64. The minimum atomic E-state index is 0.576. The monoisotopic (exact) mass is 287 g/mol. The Balaban J connectivity index is 1.88. The summed E-state index contributed by atoms with van der Waals surface area (Å²) in [4.78, 5) is 8.88. The van der Waals surface area contributed by atoms with E-state index in [2.05, 4.69) is 9.97 Å². The molecule has 0 fully saturated rings. The topological polar surface area (TPSA) is 73.2 Å². The van der Waals surface area contributed by atoms with Gasteiger partial charge in [-0.15, -0.1) is 11.3 Å². The maximum Gasteiger partial charge on any atom is 0.163 e. The molecule has 4 rings (SSSR count). The Kier molecular flexibility index (Phi) is 2.40. The zero-order valence-corrected chi connectivity index (χ0v) is 11.7. The van der Waals surface area contributed by atoms with Crippen LogP contribution in [0.5, 0.6) is 11.5 Å². The molecule has 0 atom stereocenters. The number of fused-ring (bicyclic) bond motifs is 2. The Labute approximate surface area is 119 Å². The molecule has 0 saturated carbocycles. The summed E-state index contributed by atoms with van der Waals surface area (Å²) in [5.41, 5.74) is 9.73. The van der Waals surface area contributed by atoms with Gasteiger partial charge in [0.2, 0.25) is 0 Å². The van der Waals surface area contributed by atoms with Gasteiger partial charge in [0.25, 0.3) is 0 Å². The van der Waals surface area contributed by atoms with E-state index in [1.807, 2.05) is 24.4 Å². The summed E-state index contributed by atoms with van der Waals surface area (Å²) >= 11 is 1.60. The molecule has 20 heavy (non-hydrogen) atoms. The van der Waals surface area contributed by atoms with Gasteiger partial charge in [-0.25, -0.2) is 4.98 Å². The van der Waals surface area contributed by atoms with Crippen molar-refractivity contribution < 1.29 is 9.47 Å². The number of nitrogen functional groups attached to an aromatic ring is 1. The number of ether oxygens (including phenoxy) is 2. The highest BCUT2D eigenvalue weighted by Gasteiger charge is 2.17. The number of aryl methyl sites for hydroxylation is 1. The molecule has 0 radical (unpaired) electrons. The number of hydrogen-bond acceptors (Lipinski definition) is 5. The van der Waals surface area contributed by atoms with Gasteiger partial charge in [0.05, 0.1) is 21.6 Å². The van der Waals surface area contributed by atoms with Crippen LogP contribution in [0.4, 0.5) is 5.69 Å². The number of aromatic nitrogens is 2. The molecule has 1 aliphatic rings. The fraction of sp³-hybridized carbons (Fsp3) is 0.214. The predicted molar refractivity (Wildman–Crippen MR) is 79.5 cm³/mol. The first-order valence-electron chi connectivity index (χ1n) is 6.35. The first kappa shape index (κ1) is 11.6. The van der Waals surface area contributed by atoms with Gasteiger partial charge in [-0.2, -0.15) is 0 Å². The van der Waals surface area contributed by atoms with Gasteiger partial charge >= 0.3 is 0 Å². The van der Waals surface area contributed by atoms with Crippen molar-refractivity contribution in [3.63, 3.8) is 0 Å². The van der Waals surface area contributed by atoms with Crippen molar-refractivity contribution in [2.75, 3.05) is 18.9 Å². The highest BCUT2D eigenvalue weighted by atomic mass is 32.1. The molecule has 3 heterocycles. The number of anilines is 1. The minimum absolute atomic E-state index is 0.576. The molecule has 0 amide bonds. The standard InChI is InChI=1S/C14H13N3O2S/c1-7-6-20-13(12(7)15)14-16-8-4-10-11(5-9(8)17-14)19-3-2-18-10/h4-6H,2-3,15H2,1H3,(H,16,17). The van der Waals surface area contributed by atoms with E-state index in [1.54, 1.807) is 11.3 Å². The number of nitrogens with zero attached hydrogens (tertiary/aromatic N) is 1. The number of rotatable bonds is 1. The van der Waals surface area contributed by atoms with Crippen LogP contribution in [0.15, 0.2) is 17.5 Å². The third kappa shape index (κ3) is 1.65. The van der Waals surface area contributed by atoms with Crippen LogP contribution in [0.25, 0.3) is 21.7 Å². The van der Waals surface area contributed by atoms with Crippen LogP contribution in [-0.2, 0) is 0 Å². The molecule has 0 bridgehead atoms. The van der Waals surface area contributed by atoms with Gasteiger partial charge in [-0.1, -0.05) is 0 Å². The summed E-state index contributed by atoms with van der Waals surface area (Å²) in [6.07, 6.45) is 0. The number of thiophene rings is 1. The second kappa shape index (κ2) is 4.14. The Morgan fingerprint density at radius 3 is 2.70 bits per heavy atom. The molecule has 1 aromatic carbocycles. The highest BCUT2D eigenvalue weighted by Crippen LogP contribution is 2.37. The highest BCUT2D eigenvalue weighted by molar-refractivity contribution is 7.14. The van der Waals surface area contributed by atoms with Crippen LogP contribution in [0.2, 0.25) is 0 Å². The predicted octanol–water partition coefficient (Wildman–Crippen LogP) is 2.95. The molecule has 0 spiro atoms. The maximum absolute atomic E-state index is 6.08. The molecule has 0 saturated heterocycles. The lowest BCUT2D eigenvalue weighted by Gasteiger charge is -2.17. The molecule has 2 aromatic heterocycles. The van der Waals surface area contributed by atoms with Crippen LogP contribution in [-0.4, -0.2) is 23.2 Å². The number of aromatic amines is 1. The molecule has 0 unspecified atom stereocenters. The molecule has 3 N–H and O–H groups in total. The fourth-order valence-corrected chi connectivity index (χ4v) is 3.21. The van der Waals surface area contributed by atoms with Crippen molar-refractivity contribution in [3.8, 4) is 22.2 Å². The van der Waals surface area contributed by atoms with Gasteiger partial charge < -0.3 is 20.2 Å². The summed E-state index contributed by atoms with van der Waals surface area (Å²) in [7, 11) is 0. The van der Waals surface area contributed by atoms with Gasteiger partial charge in [-0.05, 0) is 17.9 Å². The average Bonchev–Trinajstić information content (AvgIpc) is 3.00. The van der Waals surface area contributed by atoms with Gasteiger partial charge in [0.1, 0.15) is 13.2 Å². The summed E-state index contributed by atoms with van der Waals surface area (Å²) < 4.78 is 11.2. The largest absolute Gasteiger partial charge is 0.486 e. The van der Waals surface area contributed by atoms with Gasteiger partial charge in [0.15, 0.2) is 17.3 Å². The summed E-state index contributed by atoms with van der Waals surface area (Å²) in [6, 6.07) is 3.83. The number of hydrogen-bond donors (Lipinski definition) is 2. The number of H-pyrrole nitrogens is 1. The van der Waals surface area contributed by atoms with Gasteiger partial charge in [0, 0.05) is 12.1 Å². The maximum atomic E-state index is 6.08. The molecule has 0 aliphatic carbocycles.